The topological polar surface area (TPSA) is 224 Å². The Bertz CT molecular complexity index is 1810. The van der Waals surface area contributed by atoms with E-state index in [1.54, 1.807) is 62.7 Å². The van der Waals surface area contributed by atoms with Crippen molar-refractivity contribution >= 4 is 17.7 Å². The maximum absolute atomic E-state index is 14.6. The van der Waals surface area contributed by atoms with Crippen LogP contribution in [0, 0.1) is 17.8 Å². The summed E-state index contributed by atoms with van der Waals surface area (Å²) < 4.78 is 39.1. The third kappa shape index (κ3) is 14.0. The molecule has 0 bridgehead atoms. The number of rotatable bonds is 14. The highest BCUT2D eigenvalue weighted by molar-refractivity contribution is 5.91. The van der Waals surface area contributed by atoms with E-state index >= 15 is 0 Å². The van der Waals surface area contributed by atoms with Gasteiger partial charge in [-0.3, -0.25) is 9.69 Å². The van der Waals surface area contributed by atoms with E-state index in [-0.39, 0.29) is 37.8 Å². The van der Waals surface area contributed by atoms with Crippen LogP contribution in [0.25, 0.3) is 0 Å². The lowest BCUT2D eigenvalue weighted by atomic mass is 9.75. The third-order valence-corrected chi connectivity index (χ3v) is 16.4. The lowest BCUT2D eigenvalue weighted by Crippen LogP contribution is -2.70. The van der Waals surface area contributed by atoms with Gasteiger partial charge in [0.15, 0.2) is 12.6 Å². The summed E-state index contributed by atoms with van der Waals surface area (Å²) in [5.41, 5.74) is -5.57. The first-order valence-corrected chi connectivity index (χ1v) is 26.4. The number of cyclic esters (lactones) is 1. The van der Waals surface area contributed by atoms with E-state index in [4.69, 9.17) is 28.4 Å². The molecule has 0 saturated carbocycles. The van der Waals surface area contributed by atoms with Gasteiger partial charge in [0.05, 0.1) is 42.0 Å². The number of amides is 2. The Morgan fingerprint density at radius 2 is 1.61 bits per heavy atom. The van der Waals surface area contributed by atoms with Crippen molar-refractivity contribution in [3.05, 3.63) is 30.3 Å². The quantitative estimate of drug-likeness (QED) is 0.103. The second-order valence-corrected chi connectivity index (χ2v) is 22.3. The molecule has 18 heteroatoms. The Kier molecular flexibility index (Phi) is 21.2. The molecule has 4 fully saturated rings. The van der Waals surface area contributed by atoms with Crippen molar-refractivity contribution in [1.82, 2.24) is 20.4 Å². The number of aliphatic hydroxyl groups excluding tert-OH is 2. The molecule has 408 valence electrons. The number of benzene rings is 1. The molecule has 4 saturated heterocycles. The maximum atomic E-state index is 14.6. The predicted molar refractivity (Wildman–Crippen MR) is 271 cm³/mol. The van der Waals surface area contributed by atoms with Crippen LogP contribution in [0.3, 0.4) is 0 Å². The second-order valence-electron chi connectivity index (χ2n) is 22.3. The Balaban J connectivity index is 1.49. The van der Waals surface area contributed by atoms with E-state index in [1.807, 2.05) is 51.1 Å². The molecule has 71 heavy (non-hydrogen) atoms. The highest BCUT2D eigenvalue weighted by atomic mass is 16.7. The molecule has 1 aromatic carbocycles. The van der Waals surface area contributed by atoms with Gasteiger partial charge in [0.2, 0.25) is 0 Å². The molecule has 2 amide bonds. The summed E-state index contributed by atoms with van der Waals surface area (Å²) in [6.45, 7) is 21.8. The number of esters is 1. The standard InChI is InChI=1S/C53H93N5O13/c1-14-41-52(10,64)45(60)37(6)55-31-33(2)29-50(8,63)46(71-48-43(59)40(28-34(3)67-48)57(12)49(62)56(11)39-22-17-15-18-23-39)35(4)44(36(5)47(61)69-41)70-42-30-51(9,66-13)53(65,38(7)68-42)32-54-24-21-27-58-25-19-16-20-26-58/h15,17-18,22-23,33-38,40-46,48,54-55,59-60,63-65H,14,16,19-21,24-32H2,1-13H3/t33-,34-,35+,36-,37-,38+,40+,41-,42+,43-,44+,45-,46-,48+,50-,51-,52-,53+/m1/s1. The second kappa shape index (κ2) is 25.3. The number of likely N-dealkylation sites (N-methyl/N-ethyl adjacent to an activating group) is 1. The average Bonchev–Trinajstić information content (AvgIpc) is 3.34. The number of carbonyl (C=O) groups excluding carboxylic acids is 2. The number of aliphatic hydroxyl groups is 5. The van der Waals surface area contributed by atoms with E-state index in [9.17, 15) is 35.1 Å². The summed E-state index contributed by atoms with van der Waals surface area (Å²) in [4.78, 5) is 34.0. The van der Waals surface area contributed by atoms with Gasteiger partial charge >= 0.3 is 12.0 Å². The largest absolute Gasteiger partial charge is 0.459 e. The molecule has 4 aliphatic heterocycles. The molecular formula is C53H93N5O13. The number of anilines is 1. The van der Waals surface area contributed by atoms with Gasteiger partial charge in [0.25, 0.3) is 0 Å². The van der Waals surface area contributed by atoms with Crippen LogP contribution in [0.2, 0.25) is 0 Å². The number of nitrogens with one attached hydrogen (secondary N) is 2. The van der Waals surface area contributed by atoms with E-state index < -0.39 is 108 Å². The van der Waals surface area contributed by atoms with E-state index in [0.29, 0.717) is 25.2 Å². The van der Waals surface area contributed by atoms with E-state index in [1.165, 1.54) is 36.0 Å². The lowest BCUT2D eigenvalue weighted by molar-refractivity contribution is -0.336. The monoisotopic (exact) mass is 1010 g/mol. The molecule has 0 unspecified atom stereocenters. The molecule has 0 aliphatic carbocycles. The first-order valence-electron chi connectivity index (χ1n) is 26.4. The molecule has 0 spiro atoms. The Morgan fingerprint density at radius 1 is 0.944 bits per heavy atom. The number of methoxy groups -OCH3 is 1. The molecule has 4 heterocycles. The van der Waals surface area contributed by atoms with Crippen molar-refractivity contribution in [2.75, 3.05) is 65.4 Å². The van der Waals surface area contributed by atoms with Crippen LogP contribution in [0.5, 0.6) is 0 Å². The van der Waals surface area contributed by atoms with Gasteiger partial charge in [0.1, 0.15) is 35.1 Å². The van der Waals surface area contributed by atoms with Gasteiger partial charge < -0.3 is 74.4 Å². The van der Waals surface area contributed by atoms with Crippen LogP contribution < -0.4 is 15.5 Å². The molecule has 0 radical (unpaired) electrons. The Morgan fingerprint density at radius 3 is 2.24 bits per heavy atom. The van der Waals surface area contributed by atoms with Gasteiger partial charge in [-0.1, -0.05) is 45.4 Å². The van der Waals surface area contributed by atoms with Crippen molar-refractivity contribution in [3.63, 3.8) is 0 Å². The minimum Gasteiger partial charge on any atom is -0.459 e. The summed E-state index contributed by atoms with van der Waals surface area (Å²) in [7, 11) is 4.84. The van der Waals surface area contributed by atoms with Crippen LogP contribution >= 0.6 is 0 Å². The number of hydrogen-bond donors (Lipinski definition) is 7. The number of urea groups is 1. The van der Waals surface area contributed by atoms with Gasteiger partial charge in [-0.2, -0.15) is 0 Å². The first kappa shape index (κ1) is 59.3. The zero-order chi connectivity index (χ0) is 52.6. The summed E-state index contributed by atoms with van der Waals surface area (Å²) in [5, 5.41) is 67.6. The fourth-order valence-electron chi connectivity index (χ4n) is 11.7. The molecule has 0 aromatic heterocycles. The van der Waals surface area contributed by atoms with E-state index in [0.717, 1.165) is 26.1 Å². The van der Waals surface area contributed by atoms with Gasteiger partial charge in [-0.15, -0.1) is 0 Å². The van der Waals surface area contributed by atoms with Crippen molar-refractivity contribution in [2.45, 2.75) is 210 Å². The number of carbonyl (C=O) groups is 2. The number of piperidine rings is 1. The Labute approximate surface area is 424 Å². The fourth-order valence-corrected chi connectivity index (χ4v) is 11.7. The normalized spacial score (nSPS) is 41.6. The van der Waals surface area contributed by atoms with Gasteiger partial charge in [-0.25, -0.2) is 4.79 Å². The SMILES string of the molecule is CC[C@H]1OC(=O)[C@H](C)[C@@H](O[C@H]2C[C@@](C)(OC)[C@](O)(CNCCCN3CCCCC3)[C@H](C)O2)[C@H](C)[C@@H](O[C@@H]2O[C@H](C)C[C@H](N(C)C(=O)N(C)c3ccccc3)[C@H]2O)[C@](C)(O)C[C@@H](C)CN[C@H](C)[C@@H](O)[C@]1(C)O. The summed E-state index contributed by atoms with van der Waals surface area (Å²) in [6, 6.07) is 7.44. The number of likely N-dealkylation sites (tertiary alicyclic amines) is 1. The molecular weight excluding hydrogens is 915 g/mol. The molecule has 7 N–H and O–H groups in total. The lowest BCUT2D eigenvalue weighted by Gasteiger charge is -2.53. The van der Waals surface area contributed by atoms with Crippen molar-refractivity contribution < 1.29 is 63.5 Å². The van der Waals surface area contributed by atoms with Crippen LogP contribution in [-0.2, 0) is 33.2 Å². The smallest absolute Gasteiger partial charge is 0.324 e. The van der Waals surface area contributed by atoms with Gasteiger partial charge in [-0.05, 0) is 138 Å². The van der Waals surface area contributed by atoms with Gasteiger partial charge in [0, 0.05) is 51.8 Å². The zero-order valence-corrected chi connectivity index (χ0v) is 45.2. The van der Waals surface area contributed by atoms with Crippen molar-refractivity contribution in [2.24, 2.45) is 17.8 Å². The summed E-state index contributed by atoms with van der Waals surface area (Å²) in [5.74, 6) is -2.97. The Hall–Kier alpha value is -2.56. The van der Waals surface area contributed by atoms with Crippen LogP contribution in [-0.4, -0.2) is 198 Å². The number of nitrogens with zero attached hydrogens (tertiary/aromatic N) is 3. The number of ether oxygens (including phenoxy) is 6. The molecule has 5 rings (SSSR count). The number of hydrogen-bond acceptors (Lipinski definition) is 16. The minimum absolute atomic E-state index is 0.0488. The van der Waals surface area contributed by atoms with Crippen molar-refractivity contribution in [3.8, 4) is 0 Å². The minimum atomic E-state index is -1.86. The fraction of sp³-hybridized carbons (Fsp3) is 0.849. The molecule has 18 atom stereocenters. The third-order valence-electron chi connectivity index (χ3n) is 16.4. The highest BCUT2D eigenvalue weighted by Gasteiger charge is 2.58. The first-order chi connectivity index (χ1) is 33.3. The van der Waals surface area contributed by atoms with Crippen LogP contribution in [0.15, 0.2) is 30.3 Å². The highest BCUT2D eigenvalue weighted by Crippen LogP contribution is 2.43. The summed E-state index contributed by atoms with van der Waals surface area (Å²) in [6.07, 6.45) is -4.61. The van der Waals surface area contributed by atoms with Crippen LogP contribution in [0.4, 0.5) is 10.5 Å². The van der Waals surface area contributed by atoms with Crippen molar-refractivity contribution in [1.29, 1.82) is 0 Å². The maximum Gasteiger partial charge on any atom is 0.324 e. The van der Waals surface area contributed by atoms with Crippen LogP contribution in [0.1, 0.15) is 121 Å². The predicted octanol–water partition coefficient (Wildman–Crippen LogP) is 4.02. The number of para-hydroxylation sites is 1. The van der Waals surface area contributed by atoms with E-state index in [2.05, 4.69) is 15.5 Å². The molecule has 18 nitrogen and oxygen atoms in total. The summed E-state index contributed by atoms with van der Waals surface area (Å²) >= 11 is 0. The average molecular weight is 1010 g/mol. The molecule has 4 aliphatic rings. The zero-order valence-electron chi connectivity index (χ0n) is 45.2. The molecule has 1 aromatic rings.